The number of thioether (sulfide) groups is 1. The average molecular weight is 441 g/mol. The molecule has 0 bridgehead atoms. The van der Waals surface area contributed by atoms with Gasteiger partial charge in [0.1, 0.15) is 5.82 Å². The molecule has 5 nitrogen and oxygen atoms in total. The highest BCUT2D eigenvalue weighted by Gasteiger charge is 2.18. The summed E-state index contributed by atoms with van der Waals surface area (Å²) >= 11 is 13.1. The topological polar surface area (TPSA) is 70.4 Å². The number of halogens is 3. The predicted molar refractivity (Wildman–Crippen MR) is 107 cm³/mol. The van der Waals surface area contributed by atoms with E-state index in [1.165, 1.54) is 29.2 Å². The van der Waals surface area contributed by atoms with Crippen molar-refractivity contribution >= 4 is 52.5 Å². The Kier molecular flexibility index (Phi) is 8.58. The molecular weight excluding hydrogens is 426 g/mol. The SMILES string of the molecule is N#CCCN(C(=O)COC(=O)CSc1cc(Cl)ccc1Cl)c1ccc(F)cc1. The molecule has 0 saturated heterocycles. The molecule has 28 heavy (non-hydrogen) atoms. The highest BCUT2D eigenvalue weighted by molar-refractivity contribution is 8.00. The Morgan fingerprint density at radius 1 is 1.18 bits per heavy atom. The van der Waals surface area contributed by atoms with E-state index in [4.69, 9.17) is 33.2 Å². The molecule has 0 aliphatic heterocycles. The molecule has 0 spiro atoms. The van der Waals surface area contributed by atoms with Crippen LogP contribution >= 0.6 is 35.0 Å². The van der Waals surface area contributed by atoms with Gasteiger partial charge in [-0.05, 0) is 42.5 Å². The predicted octanol–water partition coefficient (Wildman–Crippen LogP) is 4.71. The summed E-state index contributed by atoms with van der Waals surface area (Å²) in [5.41, 5.74) is 0.415. The summed E-state index contributed by atoms with van der Waals surface area (Å²) in [7, 11) is 0. The molecule has 2 rings (SSSR count). The molecule has 0 N–H and O–H groups in total. The van der Waals surface area contributed by atoms with Crippen LogP contribution < -0.4 is 4.90 Å². The fourth-order valence-electron chi connectivity index (χ4n) is 2.17. The molecule has 0 fully saturated rings. The van der Waals surface area contributed by atoms with Crippen molar-refractivity contribution < 1.29 is 18.7 Å². The van der Waals surface area contributed by atoms with Crippen LogP contribution in [0.15, 0.2) is 47.4 Å². The quantitative estimate of drug-likeness (QED) is 0.438. The Bertz CT molecular complexity index is 888. The van der Waals surface area contributed by atoms with Crippen molar-refractivity contribution in [1.82, 2.24) is 0 Å². The maximum absolute atomic E-state index is 13.1. The second-order valence-electron chi connectivity index (χ2n) is 5.45. The number of nitrogens with zero attached hydrogens (tertiary/aromatic N) is 2. The third kappa shape index (κ3) is 6.71. The Morgan fingerprint density at radius 2 is 1.89 bits per heavy atom. The van der Waals surface area contributed by atoms with E-state index in [2.05, 4.69) is 0 Å². The summed E-state index contributed by atoms with van der Waals surface area (Å²) < 4.78 is 18.1. The number of nitriles is 1. The smallest absolute Gasteiger partial charge is 0.316 e. The summed E-state index contributed by atoms with van der Waals surface area (Å²) in [6.07, 6.45) is 0.0835. The molecule has 0 heterocycles. The molecule has 0 unspecified atom stereocenters. The van der Waals surface area contributed by atoms with E-state index in [9.17, 15) is 14.0 Å². The fourth-order valence-corrected chi connectivity index (χ4v) is 3.46. The minimum atomic E-state index is -0.603. The number of anilines is 1. The third-order valence-electron chi connectivity index (χ3n) is 3.48. The van der Waals surface area contributed by atoms with Crippen molar-refractivity contribution in [2.45, 2.75) is 11.3 Å². The van der Waals surface area contributed by atoms with Gasteiger partial charge in [-0.15, -0.1) is 11.8 Å². The monoisotopic (exact) mass is 440 g/mol. The molecule has 0 aliphatic rings. The van der Waals surface area contributed by atoms with Gasteiger partial charge in [-0.1, -0.05) is 23.2 Å². The largest absolute Gasteiger partial charge is 0.455 e. The lowest BCUT2D eigenvalue weighted by atomic mass is 10.2. The Morgan fingerprint density at radius 3 is 2.57 bits per heavy atom. The van der Waals surface area contributed by atoms with Gasteiger partial charge in [0, 0.05) is 22.2 Å². The van der Waals surface area contributed by atoms with Crippen molar-refractivity contribution in [3.05, 3.63) is 58.3 Å². The molecule has 2 aromatic rings. The van der Waals surface area contributed by atoms with Gasteiger partial charge < -0.3 is 9.64 Å². The van der Waals surface area contributed by atoms with E-state index >= 15 is 0 Å². The molecule has 0 aromatic heterocycles. The summed E-state index contributed by atoms with van der Waals surface area (Å²) in [5.74, 6) is -1.61. The normalized spacial score (nSPS) is 10.2. The van der Waals surface area contributed by atoms with Gasteiger partial charge in [0.15, 0.2) is 6.61 Å². The van der Waals surface area contributed by atoms with Gasteiger partial charge in [-0.2, -0.15) is 5.26 Å². The zero-order valence-corrected chi connectivity index (χ0v) is 16.9. The number of esters is 1. The van der Waals surface area contributed by atoms with Gasteiger partial charge >= 0.3 is 5.97 Å². The first-order valence-electron chi connectivity index (χ1n) is 8.07. The van der Waals surface area contributed by atoms with Gasteiger partial charge in [0.25, 0.3) is 5.91 Å². The maximum Gasteiger partial charge on any atom is 0.316 e. The second kappa shape index (κ2) is 10.9. The van der Waals surface area contributed by atoms with E-state index in [1.54, 1.807) is 18.2 Å². The van der Waals surface area contributed by atoms with Crippen LogP contribution in [0.2, 0.25) is 10.0 Å². The number of carbonyl (C=O) groups is 2. The molecule has 2 aromatic carbocycles. The first kappa shape index (κ1) is 22.0. The van der Waals surface area contributed by atoms with Crippen LogP contribution in [0.4, 0.5) is 10.1 Å². The average Bonchev–Trinajstić information content (AvgIpc) is 2.68. The standard InChI is InChI=1S/C19H15Cl2FN2O3S/c20-13-2-7-16(21)17(10-13)28-12-19(26)27-11-18(25)24(9-1-8-23)15-5-3-14(22)4-6-15/h2-7,10H,1,9,11-12H2. The second-order valence-corrected chi connectivity index (χ2v) is 7.31. The minimum Gasteiger partial charge on any atom is -0.455 e. The maximum atomic E-state index is 13.1. The van der Waals surface area contributed by atoms with Gasteiger partial charge in [-0.25, -0.2) is 4.39 Å². The first-order chi connectivity index (χ1) is 13.4. The van der Waals surface area contributed by atoms with Crippen molar-refractivity contribution in [1.29, 1.82) is 5.26 Å². The number of hydrogen-bond acceptors (Lipinski definition) is 5. The first-order valence-corrected chi connectivity index (χ1v) is 9.81. The van der Waals surface area contributed by atoms with Gasteiger partial charge in [0.05, 0.1) is 23.3 Å². The van der Waals surface area contributed by atoms with E-state index in [-0.39, 0.29) is 18.7 Å². The Labute approximate surface area is 176 Å². The van der Waals surface area contributed by atoms with Crippen molar-refractivity contribution in [3.8, 4) is 6.07 Å². The minimum absolute atomic E-state index is 0.0535. The zero-order chi connectivity index (χ0) is 20.5. The van der Waals surface area contributed by atoms with Crippen LogP contribution in [0, 0.1) is 17.1 Å². The van der Waals surface area contributed by atoms with Crippen LogP contribution in [-0.2, 0) is 14.3 Å². The number of benzene rings is 2. The van der Waals surface area contributed by atoms with Gasteiger partial charge in [-0.3, -0.25) is 9.59 Å². The zero-order valence-electron chi connectivity index (χ0n) is 14.5. The molecule has 0 saturated carbocycles. The van der Waals surface area contributed by atoms with E-state index in [0.29, 0.717) is 20.6 Å². The summed E-state index contributed by atoms with van der Waals surface area (Å²) in [6, 6.07) is 12.1. The Hall–Kier alpha value is -2.27. The number of rotatable bonds is 8. The van der Waals surface area contributed by atoms with Gasteiger partial charge in [0.2, 0.25) is 0 Å². The lowest BCUT2D eigenvalue weighted by molar-refractivity contribution is -0.145. The lowest BCUT2D eigenvalue weighted by Crippen LogP contribution is -2.35. The van der Waals surface area contributed by atoms with Crippen LogP contribution in [0.3, 0.4) is 0 Å². The molecule has 0 aliphatic carbocycles. The highest BCUT2D eigenvalue weighted by atomic mass is 35.5. The van der Waals surface area contributed by atoms with Crippen molar-refractivity contribution in [2.24, 2.45) is 0 Å². The fraction of sp³-hybridized carbons (Fsp3) is 0.211. The highest BCUT2D eigenvalue weighted by Crippen LogP contribution is 2.29. The van der Waals surface area contributed by atoms with Crippen LogP contribution in [-0.4, -0.2) is 30.8 Å². The summed E-state index contributed by atoms with van der Waals surface area (Å²) in [4.78, 5) is 26.3. The number of amides is 1. The summed E-state index contributed by atoms with van der Waals surface area (Å²) in [6.45, 7) is -0.392. The van der Waals surface area contributed by atoms with E-state index in [1.807, 2.05) is 6.07 Å². The molecule has 146 valence electrons. The number of ether oxygens (including phenoxy) is 1. The molecular formula is C19H15Cl2FN2O3S. The van der Waals surface area contributed by atoms with Crippen molar-refractivity contribution in [3.63, 3.8) is 0 Å². The van der Waals surface area contributed by atoms with Crippen LogP contribution in [0.25, 0.3) is 0 Å². The number of carbonyl (C=O) groups excluding carboxylic acids is 2. The van der Waals surface area contributed by atoms with Crippen molar-refractivity contribution in [2.75, 3.05) is 23.8 Å². The summed E-state index contributed by atoms with van der Waals surface area (Å²) in [5, 5.41) is 9.71. The van der Waals surface area contributed by atoms with Crippen LogP contribution in [0.1, 0.15) is 6.42 Å². The van der Waals surface area contributed by atoms with E-state index < -0.39 is 24.3 Å². The van der Waals surface area contributed by atoms with E-state index in [0.717, 1.165) is 11.8 Å². The molecule has 1 amide bonds. The molecule has 0 atom stereocenters. The lowest BCUT2D eigenvalue weighted by Gasteiger charge is -2.21. The molecule has 0 radical (unpaired) electrons. The molecule has 9 heteroatoms. The third-order valence-corrected chi connectivity index (χ3v) is 5.19. The van der Waals surface area contributed by atoms with Crippen LogP contribution in [0.5, 0.6) is 0 Å². The number of hydrogen-bond donors (Lipinski definition) is 0. The Balaban J connectivity index is 1.92.